The lowest BCUT2D eigenvalue weighted by Crippen LogP contribution is -2.29. The minimum atomic E-state index is -0.376. The number of nitrogens with zero attached hydrogens (tertiary/aromatic N) is 2. The largest absolute Gasteiger partial charge is 0.493 e. The second-order valence-electron chi connectivity index (χ2n) is 5.21. The number of hydrogen-bond acceptors (Lipinski definition) is 6. The molecule has 0 saturated heterocycles. The summed E-state index contributed by atoms with van der Waals surface area (Å²) in [6.45, 7) is 0.247. The fraction of sp³-hybridized carbons (Fsp3) is 0.167. The minimum absolute atomic E-state index is 0.247. The predicted molar refractivity (Wildman–Crippen MR) is 101 cm³/mol. The number of carbonyl (C=O) groups excluding carboxylic acids is 1. The molecule has 0 unspecified atom stereocenters. The van der Waals surface area contributed by atoms with Crippen LogP contribution in [0.4, 0.5) is 10.5 Å². The van der Waals surface area contributed by atoms with Gasteiger partial charge in [0.15, 0.2) is 11.5 Å². The van der Waals surface area contributed by atoms with Gasteiger partial charge in [-0.05, 0) is 23.6 Å². The molecule has 0 spiro atoms. The van der Waals surface area contributed by atoms with E-state index in [4.69, 9.17) is 9.47 Å². The number of thiophene rings is 1. The molecular formula is C18H18N4O3S. The summed E-state index contributed by atoms with van der Waals surface area (Å²) in [5, 5.41) is 9.52. The molecule has 0 fully saturated rings. The molecule has 0 saturated carbocycles. The van der Waals surface area contributed by atoms with Crippen molar-refractivity contribution in [2.75, 3.05) is 19.5 Å². The van der Waals surface area contributed by atoms with Gasteiger partial charge in [-0.2, -0.15) is 11.3 Å². The summed E-state index contributed by atoms with van der Waals surface area (Å²) >= 11 is 1.58. The van der Waals surface area contributed by atoms with Gasteiger partial charge in [0.2, 0.25) is 0 Å². The monoisotopic (exact) mass is 370 g/mol. The van der Waals surface area contributed by atoms with E-state index in [-0.39, 0.29) is 12.6 Å². The molecule has 0 aliphatic carbocycles. The van der Waals surface area contributed by atoms with E-state index < -0.39 is 0 Å². The van der Waals surface area contributed by atoms with Gasteiger partial charge in [0, 0.05) is 23.3 Å². The zero-order valence-electron chi connectivity index (χ0n) is 14.4. The Morgan fingerprint density at radius 3 is 2.73 bits per heavy atom. The molecule has 0 radical (unpaired) electrons. The van der Waals surface area contributed by atoms with Crippen molar-refractivity contribution in [2.45, 2.75) is 6.54 Å². The van der Waals surface area contributed by atoms with Crippen molar-refractivity contribution < 1.29 is 14.3 Å². The van der Waals surface area contributed by atoms with Gasteiger partial charge in [-0.3, -0.25) is 9.97 Å². The van der Waals surface area contributed by atoms with Crippen LogP contribution in [-0.4, -0.2) is 30.2 Å². The number of nitrogens with one attached hydrogen (secondary N) is 2. The summed E-state index contributed by atoms with van der Waals surface area (Å²) in [6.07, 6.45) is 3.24. The molecule has 2 N–H and O–H groups in total. The Kier molecular flexibility index (Phi) is 5.65. The van der Waals surface area contributed by atoms with Crippen molar-refractivity contribution in [1.29, 1.82) is 0 Å². The van der Waals surface area contributed by atoms with E-state index in [0.717, 1.165) is 11.3 Å². The van der Waals surface area contributed by atoms with Gasteiger partial charge in [-0.25, -0.2) is 4.79 Å². The van der Waals surface area contributed by atoms with E-state index in [9.17, 15) is 4.79 Å². The summed E-state index contributed by atoms with van der Waals surface area (Å²) in [5.41, 5.74) is 2.95. The van der Waals surface area contributed by atoms with Gasteiger partial charge < -0.3 is 20.1 Å². The van der Waals surface area contributed by atoms with Crippen LogP contribution in [0.15, 0.2) is 47.4 Å². The first-order chi connectivity index (χ1) is 12.7. The third-order valence-electron chi connectivity index (χ3n) is 3.64. The summed E-state index contributed by atoms with van der Waals surface area (Å²) in [7, 11) is 3.06. The lowest BCUT2D eigenvalue weighted by Gasteiger charge is -2.14. The average molecular weight is 370 g/mol. The molecule has 2 amide bonds. The highest BCUT2D eigenvalue weighted by atomic mass is 32.1. The molecule has 2 aromatic heterocycles. The highest BCUT2D eigenvalue weighted by Crippen LogP contribution is 2.34. The van der Waals surface area contributed by atoms with Crippen LogP contribution in [0.5, 0.6) is 11.5 Å². The fourth-order valence-corrected chi connectivity index (χ4v) is 3.09. The zero-order valence-corrected chi connectivity index (χ0v) is 15.2. The molecule has 7 nitrogen and oxygen atoms in total. The molecule has 3 aromatic rings. The molecule has 0 aliphatic heterocycles. The molecule has 0 bridgehead atoms. The SMILES string of the molecule is COc1cccc(NC(=O)NCc2nccnc2-c2ccsc2)c1OC. The number of benzene rings is 1. The number of carbonyl (C=O) groups is 1. The zero-order chi connectivity index (χ0) is 18.4. The molecular weight excluding hydrogens is 352 g/mol. The fourth-order valence-electron chi connectivity index (χ4n) is 2.45. The molecule has 2 heterocycles. The van der Waals surface area contributed by atoms with Crippen molar-refractivity contribution in [3.05, 3.63) is 53.1 Å². The van der Waals surface area contributed by atoms with E-state index in [0.29, 0.717) is 22.9 Å². The highest BCUT2D eigenvalue weighted by Gasteiger charge is 2.13. The van der Waals surface area contributed by atoms with Crippen LogP contribution < -0.4 is 20.1 Å². The van der Waals surface area contributed by atoms with Crippen molar-refractivity contribution in [3.63, 3.8) is 0 Å². The van der Waals surface area contributed by atoms with Crippen LogP contribution in [0.2, 0.25) is 0 Å². The lowest BCUT2D eigenvalue weighted by molar-refractivity contribution is 0.251. The number of aromatic nitrogens is 2. The summed E-state index contributed by atoms with van der Waals surface area (Å²) in [4.78, 5) is 21.0. The Morgan fingerprint density at radius 1 is 1.15 bits per heavy atom. The second kappa shape index (κ2) is 8.30. The van der Waals surface area contributed by atoms with Crippen molar-refractivity contribution in [3.8, 4) is 22.8 Å². The smallest absolute Gasteiger partial charge is 0.319 e. The first-order valence-electron chi connectivity index (χ1n) is 7.81. The maximum absolute atomic E-state index is 12.3. The summed E-state index contributed by atoms with van der Waals surface area (Å²) in [6, 6.07) is 6.86. The predicted octanol–water partition coefficient (Wildman–Crippen LogP) is 3.54. The van der Waals surface area contributed by atoms with E-state index in [1.165, 1.54) is 7.11 Å². The van der Waals surface area contributed by atoms with E-state index >= 15 is 0 Å². The third-order valence-corrected chi connectivity index (χ3v) is 4.32. The molecule has 8 heteroatoms. The molecule has 0 aliphatic rings. The van der Waals surface area contributed by atoms with Crippen LogP contribution in [0, 0.1) is 0 Å². The van der Waals surface area contributed by atoms with Gasteiger partial charge in [-0.15, -0.1) is 0 Å². The first kappa shape index (κ1) is 17.7. The Labute approximate surface area is 155 Å². The maximum Gasteiger partial charge on any atom is 0.319 e. The van der Waals surface area contributed by atoms with Crippen LogP contribution in [0.1, 0.15) is 5.69 Å². The minimum Gasteiger partial charge on any atom is -0.493 e. The van der Waals surface area contributed by atoms with Gasteiger partial charge in [0.1, 0.15) is 0 Å². The second-order valence-corrected chi connectivity index (χ2v) is 5.99. The van der Waals surface area contributed by atoms with Crippen LogP contribution in [0.3, 0.4) is 0 Å². The number of anilines is 1. The highest BCUT2D eigenvalue weighted by molar-refractivity contribution is 7.08. The lowest BCUT2D eigenvalue weighted by atomic mass is 10.2. The standard InChI is InChI=1S/C18H18N4O3S/c1-24-15-5-3-4-13(17(15)25-2)22-18(23)21-10-14-16(20-8-7-19-14)12-6-9-26-11-12/h3-9,11H,10H2,1-2H3,(H2,21,22,23). The van der Waals surface area contributed by atoms with Gasteiger partial charge >= 0.3 is 6.03 Å². The van der Waals surface area contributed by atoms with E-state index in [1.807, 2.05) is 16.8 Å². The number of rotatable bonds is 6. The summed E-state index contributed by atoms with van der Waals surface area (Å²) < 4.78 is 10.5. The number of methoxy groups -OCH3 is 2. The van der Waals surface area contributed by atoms with Crippen molar-refractivity contribution >= 4 is 23.1 Å². The first-order valence-corrected chi connectivity index (χ1v) is 8.75. The topological polar surface area (TPSA) is 85.4 Å². The Morgan fingerprint density at radius 2 is 2.00 bits per heavy atom. The normalized spacial score (nSPS) is 10.2. The number of hydrogen-bond donors (Lipinski definition) is 2. The Balaban J connectivity index is 1.70. The molecule has 134 valence electrons. The van der Waals surface area contributed by atoms with Gasteiger partial charge in [0.05, 0.1) is 37.8 Å². The van der Waals surface area contributed by atoms with E-state index in [2.05, 4.69) is 20.6 Å². The molecule has 1 aromatic carbocycles. The number of para-hydroxylation sites is 1. The van der Waals surface area contributed by atoms with Crippen LogP contribution >= 0.6 is 11.3 Å². The Hall–Kier alpha value is -3.13. The molecule has 3 rings (SSSR count). The van der Waals surface area contributed by atoms with E-state index in [1.54, 1.807) is 49.0 Å². The van der Waals surface area contributed by atoms with Gasteiger partial charge in [-0.1, -0.05) is 6.07 Å². The van der Waals surface area contributed by atoms with Crippen LogP contribution in [0.25, 0.3) is 11.3 Å². The van der Waals surface area contributed by atoms with Gasteiger partial charge in [0.25, 0.3) is 0 Å². The number of urea groups is 1. The average Bonchev–Trinajstić information content (AvgIpc) is 3.21. The van der Waals surface area contributed by atoms with Crippen molar-refractivity contribution in [1.82, 2.24) is 15.3 Å². The van der Waals surface area contributed by atoms with Crippen LogP contribution in [-0.2, 0) is 6.54 Å². The number of ether oxygens (including phenoxy) is 2. The van der Waals surface area contributed by atoms with Crippen molar-refractivity contribution in [2.24, 2.45) is 0 Å². The molecule has 0 atom stereocenters. The Bertz CT molecular complexity index is 884. The summed E-state index contributed by atoms with van der Waals surface area (Å²) in [5.74, 6) is 1.00. The molecule has 26 heavy (non-hydrogen) atoms. The number of amides is 2. The maximum atomic E-state index is 12.3. The third kappa shape index (κ3) is 3.92. The quantitative estimate of drug-likeness (QED) is 0.693.